The van der Waals surface area contributed by atoms with E-state index >= 15 is 0 Å². The van der Waals surface area contributed by atoms with Gasteiger partial charge in [-0.1, -0.05) is 122 Å². The summed E-state index contributed by atoms with van der Waals surface area (Å²) < 4.78 is 2.51. The van der Waals surface area contributed by atoms with Gasteiger partial charge in [-0.25, -0.2) is 9.98 Å². The first-order valence-corrected chi connectivity index (χ1v) is 18.8. The predicted molar refractivity (Wildman–Crippen MR) is 222 cm³/mol. The number of aliphatic imine (C=N–C) groups is 2. The summed E-state index contributed by atoms with van der Waals surface area (Å²) in [4.78, 5) is 10.4. The molecule has 10 rings (SSSR count). The second-order valence-electron chi connectivity index (χ2n) is 14.5. The number of aromatic nitrogens is 1. The van der Waals surface area contributed by atoms with Gasteiger partial charge in [-0.2, -0.15) is 0 Å². The Morgan fingerprint density at radius 3 is 2.26 bits per heavy atom. The molecular weight excluding hydrogens is 643 g/mol. The third kappa shape index (κ3) is 5.35. The summed E-state index contributed by atoms with van der Waals surface area (Å²) in [6, 6.07) is 48.2. The average Bonchev–Trinajstić information content (AvgIpc) is 3.79. The zero-order valence-electron chi connectivity index (χ0n) is 29.9. The highest BCUT2D eigenvalue weighted by Gasteiger charge is 2.26. The smallest absolute Gasteiger partial charge is 0.160 e. The molecule has 1 heterocycles. The van der Waals surface area contributed by atoms with Crippen molar-refractivity contribution in [1.29, 1.82) is 0 Å². The topological polar surface area (TPSA) is 29.6 Å². The van der Waals surface area contributed by atoms with E-state index in [9.17, 15) is 0 Å². The van der Waals surface area contributed by atoms with Gasteiger partial charge in [0.15, 0.2) is 5.84 Å². The maximum atomic E-state index is 5.20. The van der Waals surface area contributed by atoms with Crippen molar-refractivity contribution in [3.63, 3.8) is 0 Å². The first-order chi connectivity index (χ1) is 26.1. The number of amidine groups is 1. The second-order valence-corrected chi connectivity index (χ2v) is 14.5. The van der Waals surface area contributed by atoms with Gasteiger partial charge in [0.05, 0.1) is 16.9 Å². The zero-order valence-corrected chi connectivity index (χ0v) is 29.9. The standard InChI is InChI=1S/C50H39N3/c1-32(34-14-5-3-6-15-34)51-50(38-25-26-42-39(31-38)29-36-16-9-10-18-41(36)42)52-33(2)35-24-27-43-40(28-35)30-37-17-13-23-48(49(37)43)53-46-21-8-4-7-19-44(46)45-20-11-12-22-47(45)53/h3,5-6,8-18,20-28,31H,2,4,7,19,29-30H2,1H3/b51-32+,52-50-. The monoisotopic (exact) mass is 681 g/mol. The van der Waals surface area contributed by atoms with Crippen molar-refractivity contribution in [1.82, 2.24) is 4.57 Å². The lowest BCUT2D eigenvalue weighted by Gasteiger charge is -2.15. The third-order valence-corrected chi connectivity index (χ3v) is 11.3. The quantitative estimate of drug-likeness (QED) is 0.128. The maximum Gasteiger partial charge on any atom is 0.160 e. The van der Waals surface area contributed by atoms with Crippen LogP contribution in [0.4, 0.5) is 0 Å². The number of fused-ring (bicyclic) bond motifs is 9. The molecule has 3 aliphatic rings. The molecule has 0 amide bonds. The maximum absolute atomic E-state index is 5.20. The van der Waals surface area contributed by atoms with Crippen LogP contribution >= 0.6 is 0 Å². The normalized spacial score (nSPS) is 14.4. The summed E-state index contributed by atoms with van der Waals surface area (Å²) in [6.45, 7) is 6.59. The van der Waals surface area contributed by atoms with Crippen molar-refractivity contribution in [3.8, 4) is 27.9 Å². The molecule has 7 aromatic rings. The Labute approximate surface area is 311 Å². The molecule has 0 spiro atoms. The second kappa shape index (κ2) is 12.7. The number of hydrogen-bond donors (Lipinski definition) is 0. The fraction of sp³-hybridized carbons (Fsp3) is 0.120. The van der Waals surface area contributed by atoms with Gasteiger partial charge in [-0.3, -0.25) is 0 Å². The van der Waals surface area contributed by atoms with E-state index < -0.39 is 0 Å². The molecular formula is C50H39N3. The summed E-state index contributed by atoms with van der Waals surface area (Å²) in [5.41, 5.74) is 20.6. The van der Waals surface area contributed by atoms with Gasteiger partial charge < -0.3 is 4.57 Å². The fourth-order valence-corrected chi connectivity index (χ4v) is 8.75. The van der Waals surface area contributed by atoms with Gasteiger partial charge in [0, 0.05) is 27.9 Å². The van der Waals surface area contributed by atoms with Crippen molar-refractivity contribution in [2.75, 3.05) is 0 Å². The Morgan fingerprint density at radius 1 is 0.623 bits per heavy atom. The van der Waals surface area contributed by atoms with Gasteiger partial charge in [0.1, 0.15) is 0 Å². The number of para-hydroxylation sites is 1. The minimum atomic E-state index is 0.675. The van der Waals surface area contributed by atoms with Crippen LogP contribution < -0.4 is 0 Å². The Balaban J connectivity index is 1.05. The molecule has 3 heteroatoms. The Hall–Kier alpha value is -6.32. The van der Waals surface area contributed by atoms with Crippen molar-refractivity contribution >= 4 is 34.2 Å². The van der Waals surface area contributed by atoms with E-state index in [1.54, 1.807) is 0 Å². The number of aryl methyl sites for hydroxylation is 1. The summed E-state index contributed by atoms with van der Waals surface area (Å²) in [5, 5.41) is 1.36. The molecule has 0 aliphatic heterocycles. The molecule has 53 heavy (non-hydrogen) atoms. The van der Waals surface area contributed by atoms with Crippen molar-refractivity contribution in [2.24, 2.45) is 9.98 Å². The number of benzene rings is 6. The van der Waals surface area contributed by atoms with Gasteiger partial charge in [0.25, 0.3) is 0 Å². The highest BCUT2D eigenvalue weighted by Crippen LogP contribution is 2.44. The lowest BCUT2D eigenvalue weighted by molar-refractivity contribution is 0.855. The van der Waals surface area contributed by atoms with Crippen molar-refractivity contribution < 1.29 is 0 Å². The average molecular weight is 682 g/mol. The third-order valence-electron chi connectivity index (χ3n) is 11.3. The SMILES string of the molecule is C=C(/N=C(\N=C(/C)c1ccccc1)c1ccc2c(c1)Cc1ccccc1-2)c1ccc2c(c1)Cc1cccc(-n3c4c(c5ccccc53)CCCC=C4)c1-2. The summed E-state index contributed by atoms with van der Waals surface area (Å²) in [6.07, 6.45) is 9.89. The first kappa shape index (κ1) is 31.4. The van der Waals surface area contributed by atoms with Crippen LogP contribution in [0, 0.1) is 0 Å². The van der Waals surface area contributed by atoms with Crippen LogP contribution in [0.2, 0.25) is 0 Å². The minimum Gasteiger partial charge on any atom is -0.309 e. The van der Waals surface area contributed by atoms with Crippen molar-refractivity contribution in [2.45, 2.75) is 39.0 Å². The summed E-state index contributed by atoms with van der Waals surface area (Å²) >= 11 is 0. The Bertz CT molecular complexity index is 2720. The predicted octanol–water partition coefficient (Wildman–Crippen LogP) is 12.0. The number of rotatable bonds is 5. The molecule has 0 atom stereocenters. The number of nitrogens with zero attached hydrogens (tertiary/aromatic N) is 3. The largest absolute Gasteiger partial charge is 0.309 e. The molecule has 6 aromatic carbocycles. The summed E-state index contributed by atoms with van der Waals surface area (Å²) in [7, 11) is 0. The van der Waals surface area contributed by atoms with E-state index in [-0.39, 0.29) is 0 Å². The van der Waals surface area contributed by atoms with Gasteiger partial charge in [0.2, 0.25) is 0 Å². The molecule has 254 valence electrons. The van der Waals surface area contributed by atoms with Crippen LogP contribution in [-0.4, -0.2) is 16.1 Å². The van der Waals surface area contributed by atoms with E-state index in [1.807, 2.05) is 6.07 Å². The van der Waals surface area contributed by atoms with Crippen LogP contribution in [0.1, 0.15) is 70.0 Å². The minimum absolute atomic E-state index is 0.675. The molecule has 0 N–H and O–H groups in total. The Morgan fingerprint density at radius 2 is 1.34 bits per heavy atom. The molecule has 0 unspecified atom stereocenters. The first-order valence-electron chi connectivity index (χ1n) is 18.8. The van der Waals surface area contributed by atoms with E-state index in [4.69, 9.17) is 9.98 Å². The Kier molecular flexibility index (Phi) is 7.54. The fourth-order valence-electron chi connectivity index (χ4n) is 8.75. The molecule has 3 aliphatic carbocycles. The molecule has 0 fully saturated rings. The molecule has 3 nitrogen and oxygen atoms in total. The lowest BCUT2D eigenvalue weighted by atomic mass is 10.0. The highest BCUT2D eigenvalue weighted by molar-refractivity contribution is 6.13. The van der Waals surface area contributed by atoms with Crippen molar-refractivity contribution in [3.05, 3.63) is 196 Å². The molecule has 1 aromatic heterocycles. The molecule has 0 bridgehead atoms. The number of allylic oxidation sites excluding steroid dienone is 1. The molecule has 0 saturated carbocycles. The van der Waals surface area contributed by atoms with E-state index in [1.165, 1.54) is 78.8 Å². The van der Waals surface area contributed by atoms with Crippen LogP contribution in [0.3, 0.4) is 0 Å². The van der Waals surface area contributed by atoms with Crippen LogP contribution in [0.15, 0.2) is 156 Å². The van der Waals surface area contributed by atoms with E-state index in [2.05, 4.69) is 158 Å². The summed E-state index contributed by atoms with van der Waals surface area (Å²) in [5.74, 6) is 0.675. The van der Waals surface area contributed by atoms with Crippen LogP contribution in [0.25, 0.3) is 50.6 Å². The van der Waals surface area contributed by atoms with Crippen LogP contribution in [0.5, 0.6) is 0 Å². The highest BCUT2D eigenvalue weighted by atomic mass is 15.0. The van der Waals surface area contributed by atoms with Crippen LogP contribution in [-0.2, 0) is 19.3 Å². The lowest BCUT2D eigenvalue weighted by Crippen LogP contribution is -2.05. The molecule has 0 saturated heterocycles. The van der Waals surface area contributed by atoms with Gasteiger partial charge in [-0.15, -0.1) is 0 Å². The zero-order chi connectivity index (χ0) is 35.5. The molecule has 0 radical (unpaired) electrons. The van der Waals surface area contributed by atoms with E-state index in [0.29, 0.717) is 11.5 Å². The van der Waals surface area contributed by atoms with Gasteiger partial charge in [-0.05, 0) is 125 Å². The van der Waals surface area contributed by atoms with Gasteiger partial charge >= 0.3 is 0 Å². The van der Waals surface area contributed by atoms with E-state index in [0.717, 1.165) is 48.1 Å². The number of hydrogen-bond acceptors (Lipinski definition) is 1.